The average Bonchev–Trinajstić information content (AvgIpc) is 2.57. The van der Waals surface area contributed by atoms with Crippen LogP contribution in [0.25, 0.3) is 0 Å². The molecular formula is C17H17N3O3. The van der Waals surface area contributed by atoms with Crippen LogP contribution >= 0.6 is 0 Å². The van der Waals surface area contributed by atoms with Gasteiger partial charge in [-0.1, -0.05) is 31.2 Å². The summed E-state index contributed by atoms with van der Waals surface area (Å²) >= 11 is 0. The van der Waals surface area contributed by atoms with Crippen LogP contribution in [-0.4, -0.2) is 27.0 Å². The minimum absolute atomic E-state index is 0.0756. The summed E-state index contributed by atoms with van der Waals surface area (Å²) in [7, 11) is 0. The Morgan fingerprint density at radius 3 is 2.57 bits per heavy atom. The van der Waals surface area contributed by atoms with Crippen molar-refractivity contribution in [2.75, 3.05) is 0 Å². The molecule has 1 aromatic carbocycles. The summed E-state index contributed by atoms with van der Waals surface area (Å²) < 4.78 is 0. The van der Waals surface area contributed by atoms with Gasteiger partial charge in [-0.15, -0.1) is 0 Å². The number of amides is 1. The molecular weight excluding hydrogens is 294 g/mol. The van der Waals surface area contributed by atoms with Crippen LogP contribution in [0.5, 0.6) is 0 Å². The number of benzene rings is 1. The smallest absolute Gasteiger partial charge is 0.356 e. The first-order valence-corrected chi connectivity index (χ1v) is 7.50. The summed E-state index contributed by atoms with van der Waals surface area (Å²) in [5.41, 5.74) is 2.32. The Morgan fingerprint density at radius 1 is 1.17 bits per heavy atom. The van der Waals surface area contributed by atoms with E-state index in [1.807, 2.05) is 18.2 Å². The Balaban J connectivity index is 1.81. The molecule has 0 fully saturated rings. The molecule has 0 spiro atoms. The van der Waals surface area contributed by atoms with Crippen LogP contribution in [0.2, 0.25) is 0 Å². The maximum Gasteiger partial charge on any atom is 0.356 e. The fourth-order valence-corrected chi connectivity index (χ4v) is 2.91. The molecule has 1 aliphatic carbocycles. The predicted molar refractivity (Wildman–Crippen MR) is 83.1 cm³/mol. The topological polar surface area (TPSA) is 92.2 Å². The lowest BCUT2D eigenvalue weighted by atomic mass is 9.80. The Hall–Kier alpha value is -2.76. The zero-order chi connectivity index (χ0) is 16.4. The van der Waals surface area contributed by atoms with Gasteiger partial charge >= 0.3 is 5.97 Å². The number of carboxylic acids is 1. The van der Waals surface area contributed by atoms with Gasteiger partial charge in [0.2, 0.25) is 0 Å². The fourth-order valence-electron chi connectivity index (χ4n) is 2.91. The minimum atomic E-state index is -1.17. The van der Waals surface area contributed by atoms with Gasteiger partial charge in [-0.25, -0.2) is 14.8 Å². The van der Waals surface area contributed by atoms with Crippen molar-refractivity contribution in [2.45, 2.75) is 25.8 Å². The number of aromatic nitrogens is 2. The first-order valence-electron chi connectivity index (χ1n) is 7.50. The molecule has 118 valence electrons. The normalized spacial score (nSPS) is 19.7. The number of aryl methyl sites for hydroxylation is 1. The third-order valence-electron chi connectivity index (χ3n) is 4.22. The van der Waals surface area contributed by atoms with Gasteiger partial charge in [-0.2, -0.15) is 0 Å². The second-order valence-electron chi connectivity index (χ2n) is 5.76. The third kappa shape index (κ3) is 3.06. The molecule has 2 unspecified atom stereocenters. The molecule has 2 atom stereocenters. The zero-order valence-electron chi connectivity index (χ0n) is 12.7. The lowest BCUT2D eigenvalue weighted by molar-refractivity contribution is 0.0688. The van der Waals surface area contributed by atoms with Gasteiger partial charge in [0.1, 0.15) is 5.69 Å². The van der Waals surface area contributed by atoms with E-state index >= 15 is 0 Å². The molecule has 0 radical (unpaired) electrons. The lowest BCUT2D eigenvalue weighted by Crippen LogP contribution is -2.36. The van der Waals surface area contributed by atoms with Crippen LogP contribution in [0.3, 0.4) is 0 Å². The number of hydrogen-bond donors (Lipinski definition) is 2. The predicted octanol–water partition coefficient (Wildman–Crippen LogP) is 2.23. The molecule has 2 N–H and O–H groups in total. The number of fused-ring (bicyclic) bond motifs is 1. The summed E-state index contributed by atoms with van der Waals surface area (Å²) in [5, 5.41) is 11.8. The maximum atomic E-state index is 12.4. The van der Waals surface area contributed by atoms with Crippen molar-refractivity contribution >= 4 is 11.9 Å². The van der Waals surface area contributed by atoms with Gasteiger partial charge in [-0.3, -0.25) is 4.79 Å². The van der Waals surface area contributed by atoms with Crippen molar-refractivity contribution in [1.82, 2.24) is 15.3 Å². The Kier molecular flexibility index (Phi) is 4.06. The molecule has 23 heavy (non-hydrogen) atoms. The zero-order valence-corrected chi connectivity index (χ0v) is 12.7. The van der Waals surface area contributed by atoms with Crippen LogP contribution in [-0.2, 0) is 6.42 Å². The molecule has 3 rings (SSSR count). The highest BCUT2D eigenvalue weighted by Crippen LogP contribution is 2.34. The summed E-state index contributed by atoms with van der Waals surface area (Å²) in [6, 6.07) is 8.02. The van der Waals surface area contributed by atoms with E-state index < -0.39 is 5.97 Å². The largest absolute Gasteiger partial charge is 0.476 e. The molecule has 2 aromatic rings. The number of carbonyl (C=O) groups is 2. The molecule has 1 amide bonds. The summed E-state index contributed by atoms with van der Waals surface area (Å²) in [5.74, 6) is -1.19. The van der Waals surface area contributed by atoms with Gasteiger partial charge in [0, 0.05) is 0 Å². The Morgan fingerprint density at radius 2 is 1.87 bits per heavy atom. The molecule has 1 heterocycles. The molecule has 1 aliphatic rings. The molecule has 0 saturated heterocycles. The molecule has 1 aromatic heterocycles. The van der Waals surface area contributed by atoms with Crippen molar-refractivity contribution in [2.24, 2.45) is 5.92 Å². The van der Waals surface area contributed by atoms with E-state index in [2.05, 4.69) is 28.3 Å². The Labute approximate surface area is 133 Å². The molecule has 6 heteroatoms. The van der Waals surface area contributed by atoms with Crippen molar-refractivity contribution in [3.05, 3.63) is 59.2 Å². The molecule has 0 bridgehead atoms. The van der Waals surface area contributed by atoms with Crippen LogP contribution in [0.4, 0.5) is 0 Å². The van der Waals surface area contributed by atoms with Crippen LogP contribution < -0.4 is 5.32 Å². The third-order valence-corrected chi connectivity index (χ3v) is 4.22. The number of nitrogens with one attached hydrogen (secondary N) is 1. The van der Waals surface area contributed by atoms with Gasteiger partial charge < -0.3 is 10.4 Å². The lowest BCUT2D eigenvalue weighted by Gasteiger charge is -2.32. The standard InChI is InChI=1S/C17H17N3O3/c1-10-6-7-11-4-2-3-5-12(11)15(10)20-16(21)13-8-19-14(9-18-13)17(22)23/h2-5,8-10,15H,6-7H2,1H3,(H,20,21)(H,22,23). The monoisotopic (exact) mass is 311 g/mol. The van der Waals surface area contributed by atoms with E-state index in [0.717, 1.165) is 24.6 Å². The van der Waals surface area contributed by atoms with E-state index in [1.165, 1.54) is 11.8 Å². The highest BCUT2D eigenvalue weighted by atomic mass is 16.4. The van der Waals surface area contributed by atoms with E-state index in [0.29, 0.717) is 5.92 Å². The van der Waals surface area contributed by atoms with Crippen molar-refractivity contribution < 1.29 is 14.7 Å². The molecule has 0 saturated carbocycles. The van der Waals surface area contributed by atoms with E-state index in [4.69, 9.17) is 5.11 Å². The second-order valence-corrected chi connectivity index (χ2v) is 5.76. The summed E-state index contributed by atoms with van der Waals surface area (Å²) in [4.78, 5) is 30.8. The number of rotatable bonds is 3. The second kappa shape index (κ2) is 6.16. The number of carbonyl (C=O) groups excluding carboxylic acids is 1. The number of aromatic carboxylic acids is 1. The minimum Gasteiger partial charge on any atom is -0.476 e. The van der Waals surface area contributed by atoms with E-state index in [9.17, 15) is 9.59 Å². The quantitative estimate of drug-likeness (QED) is 0.907. The number of hydrogen-bond acceptors (Lipinski definition) is 4. The van der Waals surface area contributed by atoms with Gasteiger partial charge in [0.25, 0.3) is 5.91 Å². The average molecular weight is 311 g/mol. The van der Waals surface area contributed by atoms with Crippen LogP contribution in [0, 0.1) is 5.92 Å². The van der Waals surface area contributed by atoms with Crippen molar-refractivity contribution in [3.63, 3.8) is 0 Å². The van der Waals surface area contributed by atoms with E-state index in [1.54, 1.807) is 0 Å². The van der Waals surface area contributed by atoms with Gasteiger partial charge in [-0.05, 0) is 29.9 Å². The highest BCUT2D eigenvalue weighted by molar-refractivity contribution is 5.93. The summed E-state index contributed by atoms with van der Waals surface area (Å²) in [6.45, 7) is 2.11. The molecule has 0 aliphatic heterocycles. The summed E-state index contributed by atoms with van der Waals surface area (Å²) in [6.07, 6.45) is 4.30. The van der Waals surface area contributed by atoms with Crippen molar-refractivity contribution in [1.29, 1.82) is 0 Å². The maximum absolute atomic E-state index is 12.4. The van der Waals surface area contributed by atoms with Crippen LogP contribution in [0.1, 0.15) is 51.5 Å². The van der Waals surface area contributed by atoms with Crippen LogP contribution in [0.15, 0.2) is 36.7 Å². The first kappa shape index (κ1) is 15.1. The first-order chi connectivity index (χ1) is 11.1. The fraction of sp³-hybridized carbons (Fsp3) is 0.294. The highest BCUT2D eigenvalue weighted by Gasteiger charge is 2.28. The van der Waals surface area contributed by atoms with Crippen molar-refractivity contribution in [3.8, 4) is 0 Å². The Bertz CT molecular complexity index is 743. The SMILES string of the molecule is CC1CCc2ccccc2C1NC(=O)c1cnc(C(=O)O)cn1. The number of carboxylic acid groups (broad SMARTS) is 1. The van der Waals surface area contributed by atoms with Gasteiger partial charge in [0.05, 0.1) is 18.4 Å². The number of nitrogens with zero attached hydrogens (tertiary/aromatic N) is 2. The van der Waals surface area contributed by atoms with E-state index in [-0.39, 0.29) is 23.3 Å². The molecule has 6 nitrogen and oxygen atoms in total. The van der Waals surface area contributed by atoms with Gasteiger partial charge in [0.15, 0.2) is 5.69 Å².